The van der Waals surface area contributed by atoms with Gasteiger partial charge in [-0.15, -0.1) is 0 Å². The second kappa shape index (κ2) is 23.0. The minimum absolute atomic E-state index is 0.0401. The molecule has 388 valence electrons. The molecule has 0 bridgehead atoms. The molecule has 0 aromatic heterocycles. The lowest BCUT2D eigenvalue weighted by molar-refractivity contribution is -0.268. The number of rotatable bonds is 20. The highest BCUT2D eigenvalue weighted by Gasteiger charge is 2.59. The van der Waals surface area contributed by atoms with E-state index in [1.54, 1.807) is 31.4 Å². The Labute approximate surface area is 426 Å². The smallest absolute Gasteiger partial charge is 0.193 e. The third-order valence-electron chi connectivity index (χ3n) is 17.1. The maximum Gasteiger partial charge on any atom is 0.193 e. The number of aliphatic hydroxyl groups excluding tert-OH is 1. The van der Waals surface area contributed by atoms with Crippen LogP contribution < -0.4 is 0 Å². The van der Waals surface area contributed by atoms with Gasteiger partial charge in [-0.3, -0.25) is 0 Å². The average molecular weight is 1120 g/mol. The van der Waals surface area contributed by atoms with E-state index >= 15 is 8.42 Å². The van der Waals surface area contributed by atoms with Gasteiger partial charge in [-0.2, -0.15) is 0 Å². The molecule has 0 saturated carbocycles. The number of hydrogen-bond acceptors (Lipinski definition) is 10. The van der Waals surface area contributed by atoms with E-state index in [9.17, 15) is 5.11 Å². The predicted molar refractivity (Wildman–Crippen MR) is 290 cm³/mol. The molecule has 1 N–H and O–H groups in total. The number of hydrogen-bond donors (Lipinski definition) is 1. The van der Waals surface area contributed by atoms with Crippen LogP contribution in [0, 0.1) is 17.8 Å². The topological polar surface area (TPSA) is 119 Å². The lowest BCUT2D eigenvalue weighted by atomic mass is 9.79. The van der Waals surface area contributed by atoms with Crippen LogP contribution in [0.1, 0.15) is 129 Å². The molecule has 3 heterocycles. The number of methoxy groups -OCH3 is 1. The second-order valence-corrected chi connectivity index (χ2v) is 42.2. The summed E-state index contributed by atoms with van der Waals surface area (Å²) in [5.41, 5.74) is 0. The van der Waals surface area contributed by atoms with Gasteiger partial charge in [0.2, 0.25) is 0 Å². The molecule has 3 fully saturated rings. The van der Waals surface area contributed by atoms with Crippen LogP contribution in [-0.2, 0) is 42.1 Å². The lowest BCUT2D eigenvalue weighted by Gasteiger charge is -2.56. The van der Waals surface area contributed by atoms with Crippen molar-refractivity contribution in [3.8, 4) is 0 Å². The van der Waals surface area contributed by atoms with Gasteiger partial charge in [0.25, 0.3) is 0 Å². The molecule has 3 aliphatic heterocycles. The van der Waals surface area contributed by atoms with Crippen molar-refractivity contribution >= 4 is 57.4 Å². The molecule has 0 radical (unpaired) electrons. The fourth-order valence-electron chi connectivity index (χ4n) is 9.37. The molecule has 1 aromatic rings. The first-order valence-electron chi connectivity index (χ1n) is 25.4. The van der Waals surface area contributed by atoms with Gasteiger partial charge >= 0.3 is 0 Å². The Morgan fingerprint density at radius 3 is 1.85 bits per heavy atom. The van der Waals surface area contributed by atoms with Gasteiger partial charge in [0.1, 0.15) is 24.4 Å². The van der Waals surface area contributed by atoms with Gasteiger partial charge in [0, 0.05) is 19.4 Å². The van der Waals surface area contributed by atoms with Crippen molar-refractivity contribution in [2.45, 2.75) is 260 Å². The van der Waals surface area contributed by atoms with Gasteiger partial charge in [-0.1, -0.05) is 130 Å². The van der Waals surface area contributed by atoms with Crippen molar-refractivity contribution in [2.24, 2.45) is 17.8 Å². The van der Waals surface area contributed by atoms with Crippen LogP contribution in [0.3, 0.4) is 0 Å². The maximum atomic E-state index is 15.2. The highest BCUT2D eigenvalue weighted by atomic mass is 127. The SMILES string of the molecule is CC[C@@H](C)C[C@H]1O[C@@H](CC(C)OC)C(C(C(O)C[C@H]2CC[C@@H]3O[C@@H]([C@H](/C=C/I)O[Si](C)(C)C(C)(C)C)[C@@H](O[Si](C)(C)C(C)(C)C)[C@@H](O[Si](C)(C)C(C)(C)C)[C@H]3O2)S(=O)(=O)c2ccccc2)[C@H]1C. The average Bonchev–Trinajstić information content (AvgIpc) is 3.49. The normalized spacial score (nSPS) is 30.8. The summed E-state index contributed by atoms with van der Waals surface area (Å²) in [6, 6.07) is 8.63. The summed E-state index contributed by atoms with van der Waals surface area (Å²) in [5.74, 6) is -0.211. The zero-order valence-electron chi connectivity index (χ0n) is 45.4. The van der Waals surface area contributed by atoms with Crippen LogP contribution in [0.5, 0.6) is 0 Å². The summed E-state index contributed by atoms with van der Waals surface area (Å²) in [5, 5.41) is 11.4. The van der Waals surface area contributed by atoms with Crippen LogP contribution in [0.25, 0.3) is 0 Å². The van der Waals surface area contributed by atoms with E-state index in [1.165, 1.54) is 0 Å². The van der Waals surface area contributed by atoms with E-state index in [-0.39, 0.29) is 50.7 Å². The Kier molecular flexibility index (Phi) is 20.5. The molecule has 67 heavy (non-hydrogen) atoms. The van der Waals surface area contributed by atoms with Gasteiger partial charge in [-0.05, 0) is 121 Å². The maximum absolute atomic E-state index is 15.2. The molecule has 4 rings (SSSR count). The summed E-state index contributed by atoms with van der Waals surface area (Å²) in [7, 11) is -9.70. The van der Waals surface area contributed by atoms with E-state index in [4.69, 9.17) is 32.2 Å². The van der Waals surface area contributed by atoms with Crippen molar-refractivity contribution in [2.75, 3.05) is 7.11 Å². The second-order valence-electron chi connectivity index (χ2n) is 25.1. The molecule has 1 aromatic carbocycles. The van der Waals surface area contributed by atoms with Gasteiger partial charge in [-0.25, -0.2) is 8.42 Å². The van der Waals surface area contributed by atoms with Crippen molar-refractivity contribution < 1.29 is 45.7 Å². The zero-order chi connectivity index (χ0) is 50.9. The number of benzene rings is 1. The van der Waals surface area contributed by atoms with Crippen molar-refractivity contribution in [1.82, 2.24) is 0 Å². The van der Waals surface area contributed by atoms with E-state index in [2.05, 4.69) is 151 Å². The first-order chi connectivity index (χ1) is 30.6. The first kappa shape index (κ1) is 59.5. The molecule has 0 amide bonds. The van der Waals surface area contributed by atoms with Gasteiger partial charge < -0.3 is 37.3 Å². The number of fused-ring (bicyclic) bond motifs is 1. The molecule has 3 saturated heterocycles. The summed E-state index contributed by atoms with van der Waals surface area (Å²) in [6.45, 7) is 42.6. The Hall–Kier alpha value is -0.0294. The lowest BCUT2D eigenvalue weighted by Crippen LogP contribution is -2.69. The van der Waals surface area contributed by atoms with Crippen molar-refractivity contribution in [1.29, 1.82) is 0 Å². The predicted octanol–water partition coefficient (Wildman–Crippen LogP) is 12.9. The third-order valence-corrected chi connectivity index (χ3v) is 33.2. The summed E-state index contributed by atoms with van der Waals surface area (Å²) in [4.78, 5) is 0.204. The van der Waals surface area contributed by atoms with Crippen LogP contribution in [0.15, 0.2) is 45.4 Å². The van der Waals surface area contributed by atoms with Crippen molar-refractivity contribution in [3.63, 3.8) is 0 Å². The van der Waals surface area contributed by atoms with Crippen LogP contribution in [-0.4, -0.2) is 118 Å². The van der Waals surface area contributed by atoms with E-state index in [1.807, 2.05) is 17.1 Å². The molecule has 10 nitrogen and oxygen atoms in total. The van der Waals surface area contributed by atoms with Crippen LogP contribution in [0.4, 0.5) is 0 Å². The first-order valence-corrected chi connectivity index (χ1v) is 36.9. The van der Waals surface area contributed by atoms with Crippen LogP contribution in [0.2, 0.25) is 54.4 Å². The summed E-state index contributed by atoms with van der Waals surface area (Å²) in [6.07, 6.45) is 0.589. The quantitative estimate of drug-likeness (QED) is 0.0998. The van der Waals surface area contributed by atoms with Gasteiger partial charge in [0.15, 0.2) is 34.8 Å². The number of ether oxygens (including phenoxy) is 4. The number of sulfone groups is 1. The Morgan fingerprint density at radius 2 is 1.34 bits per heavy atom. The minimum Gasteiger partial charge on any atom is -0.408 e. The molecular weight excluding hydrogens is 1030 g/mol. The summed E-state index contributed by atoms with van der Waals surface area (Å²) < 4.78 is 82.3. The molecule has 15 heteroatoms. The third kappa shape index (κ3) is 14.2. The molecule has 0 aliphatic carbocycles. The number of halogens is 1. The molecule has 3 aliphatic rings. The fourth-order valence-corrected chi connectivity index (χ4v) is 15.8. The Balaban J connectivity index is 1.85. The fraction of sp³-hybridized carbons (Fsp3) is 0.846. The molecule has 4 unspecified atom stereocenters. The highest BCUT2D eigenvalue weighted by Crippen LogP contribution is 2.49. The number of aliphatic hydroxyl groups is 1. The monoisotopic (exact) mass is 1120 g/mol. The van der Waals surface area contributed by atoms with E-state index in [0.29, 0.717) is 25.2 Å². The summed E-state index contributed by atoms with van der Waals surface area (Å²) >= 11 is 2.29. The molecule has 15 atom stereocenters. The van der Waals surface area contributed by atoms with E-state index < -0.39 is 94.8 Å². The Bertz CT molecular complexity index is 1850. The largest absolute Gasteiger partial charge is 0.408 e. The molecule has 0 spiro atoms. The van der Waals surface area contributed by atoms with Crippen molar-refractivity contribution in [3.05, 3.63) is 40.5 Å². The van der Waals surface area contributed by atoms with E-state index in [0.717, 1.165) is 12.8 Å². The van der Waals surface area contributed by atoms with Crippen LogP contribution >= 0.6 is 22.6 Å². The minimum atomic E-state index is -4.07. The molecular formula is C52H95IO10SSi3. The Morgan fingerprint density at radius 1 is 0.791 bits per heavy atom. The van der Waals surface area contributed by atoms with Gasteiger partial charge in [0.05, 0.1) is 52.9 Å². The highest BCUT2D eigenvalue weighted by molar-refractivity contribution is 14.1. The zero-order valence-corrected chi connectivity index (χ0v) is 51.3. The standard InChI is InChI=1S/C52H95IO10SSi3/c1-21-34(2)31-42-36(4)44(43(59-42)32-35(3)57-14)49(64(55,56)38-25-23-22-24-26-38)39(54)33-37-27-28-40-45(58-37)47(62-66(17,18)51(8,9)10)48(63-67(19,20)52(11,12)13)46(60-40)41(29-30-53)61-65(15,16)50(5,6)7/h22-26,29-30,34-37,39-49,54H,21,27-28,31-33H2,1-20H3/b30-29+/t34-,35?,36+,37-,39?,40+,41+,42-,43+,44?,45+,46+,47+,48-,49?/m1/s1.